The second kappa shape index (κ2) is 6.04. The van der Waals surface area contributed by atoms with Gasteiger partial charge in [-0.1, -0.05) is 27.5 Å². The minimum atomic E-state index is -0.272. The fourth-order valence-electron chi connectivity index (χ4n) is 1.41. The Labute approximate surface area is 123 Å². The molecule has 0 fully saturated rings. The van der Waals surface area contributed by atoms with Crippen LogP contribution in [0, 0.1) is 0 Å². The molecule has 1 aromatic heterocycles. The fourth-order valence-corrected chi connectivity index (χ4v) is 1.91. The largest absolute Gasteiger partial charge is 0.456 e. The van der Waals surface area contributed by atoms with E-state index in [9.17, 15) is 4.79 Å². The van der Waals surface area contributed by atoms with Crippen molar-refractivity contribution in [3.63, 3.8) is 0 Å². The van der Waals surface area contributed by atoms with Gasteiger partial charge in [0.15, 0.2) is 0 Å². The van der Waals surface area contributed by atoms with Crippen LogP contribution in [-0.4, -0.2) is 17.9 Å². The molecule has 1 heterocycles. The van der Waals surface area contributed by atoms with Crippen molar-refractivity contribution in [2.24, 2.45) is 0 Å². The van der Waals surface area contributed by atoms with Crippen LogP contribution >= 0.6 is 27.5 Å². The summed E-state index contributed by atoms with van der Waals surface area (Å²) >= 11 is 9.38. The van der Waals surface area contributed by atoms with Crippen molar-refractivity contribution >= 4 is 33.4 Å². The summed E-state index contributed by atoms with van der Waals surface area (Å²) in [5.74, 6) is 0.726. The molecule has 4 nitrogen and oxygen atoms in total. The van der Waals surface area contributed by atoms with Crippen LogP contribution in [0.4, 0.5) is 0 Å². The number of carbonyl (C=O) groups is 1. The van der Waals surface area contributed by atoms with Gasteiger partial charge in [-0.3, -0.25) is 9.78 Å². The summed E-state index contributed by atoms with van der Waals surface area (Å²) in [5.41, 5.74) is 0.283. The lowest BCUT2D eigenvalue weighted by Gasteiger charge is -2.08. The molecule has 0 aliphatic heterocycles. The Morgan fingerprint density at radius 3 is 2.89 bits per heavy atom. The summed E-state index contributed by atoms with van der Waals surface area (Å²) in [7, 11) is 1.54. The highest BCUT2D eigenvalue weighted by Crippen LogP contribution is 2.31. The molecule has 0 aliphatic carbocycles. The third-order valence-electron chi connectivity index (χ3n) is 2.31. The SMILES string of the molecule is CNC(=O)c1cc(Oc2cc(Br)ccc2Cl)ccn1. The van der Waals surface area contributed by atoms with Gasteiger partial charge in [0.2, 0.25) is 0 Å². The number of nitrogens with one attached hydrogen (secondary N) is 1. The van der Waals surface area contributed by atoms with Gasteiger partial charge in [-0.2, -0.15) is 0 Å². The van der Waals surface area contributed by atoms with Gasteiger partial charge in [0.25, 0.3) is 5.91 Å². The first-order chi connectivity index (χ1) is 9.10. The summed E-state index contributed by atoms with van der Waals surface area (Å²) in [5, 5.41) is 2.99. The van der Waals surface area contributed by atoms with Gasteiger partial charge in [0, 0.05) is 23.8 Å². The van der Waals surface area contributed by atoms with E-state index < -0.39 is 0 Å². The van der Waals surface area contributed by atoms with E-state index in [0.717, 1.165) is 4.47 Å². The number of aromatic nitrogens is 1. The molecule has 1 amide bonds. The first-order valence-corrected chi connectivity index (χ1v) is 6.58. The molecule has 1 N–H and O–H groups in total. The lowest BCUT2D eigenvalue weighted by Crippen LogP contribution is -2.18. The van der Waals surface area contributed by atoms with Crippen molar-refractivity contribution in [2.45, 2.75) is 0 Å². The first kappa shape index (κ1) is 13.8. The van der Waals surface area contributed by atoms with Crippen molar-refractivity contribution in [1.82, 2.24) is 10.3 Å². The number of benzene rings is 1. The molecule has 0 radical (unpaired) electrons. The monoisotopic (exact) mass is 340 g/mol. The van der Waals surface area contributed by atoms with Crippen LogP contribution in [0.2, 0.25) is 5.02 Å². The van der Waals surface area contributed by atoms with Gasteiger partial charge in [-0.25, -0.2) is 0 Å². The Balaban J connectivity index is 2.28. The number of ether oxygens (including phenoxy) is 1. The van der Waals surface area contributed by atoms with E-state index in [1.807, 2.05) is 6.07 Å². The standard InChI is InChI=1S/C13H10BrClN2O2/c1-16-13(18)11-7-9(4-5-17-11)19-12-6-8(14)2-3-10(12)15/h2-7H,1H3,(H,16,18). The maximum atomic E-state index is 11.5. The molecule has 0 saturated carbocycles. The Morgan fingerprint density at radius 1 is 1.37 bits per heavy atom. The molecule has 2 aromatic rings. The van der Waals surface area contributed by atoms with E-state index in [4.69, 9.17) is 16.3 Å². The number of nitrogens with zero attached hydrogens (tertiary/aromatic N) is 1. The predicted octanol–water partition coefficient (Wildman–Crippen LogP) is 3.65. The highest BCUT2D eigenvalue weighted by molar-refractivity contribution is 9.10. The molecule has 0 atom stereocenters. The number of carbonyl (C=O) groups excluding carboxylic acids is 1. The number of rotatable bonds is 3. The van der Waals surface area contributed by atoms with Crippen LogP contribution in [0.3, 0.4) is 0 Å². The zero-order chi connectivity index (χ0) is 13.8. The number of halogens is 2. The number of pyridine rings is 1. The van der Waals surface area contributed by atoms with Gasteiger partial charge < -0.3 is 10.1 Å². The topological polar surface area (TPSA) is 51.2 Å². The van der Waals surface area contributed by atoms with Crippen molar-refractivity contribution in [3.8, 4) is 11.5 Å². The summed E-state index contributed by atoms with van der Waals surface area (Å²) in [6, 6.07) is 8.50. The Bertz CT molecular complexity index is 619. The Hall–Kier alpha value is -1.59. The van der Waals surface area contributed by atoms with Gasteiger partial charge in [-0.05, 0) is 24.3 Å². The van der Waals surface area contributed by atoms with Crippen molar-refractivity contribution in [2.75, 3.05) is 7.05 Å². The molecule has 2 rings (SSSR count). The van der Waals surface area contributed by atoms with Crippen LogP contribution in [0.5, 0.6) is 11.5 Å². The lowest BCUT2D eigenvalue weighted by atomic mass is 10.3. The molecule has 6 heteroatoms. The lowest BCUT2D eigenvalue weighted by molar-refractivity contribution is 0.0958. The quantitative estimate of drug-likeness (QED) is 0.927. The van der Waals surface area contributed by atoms with E-state index in [2.05, 4.69) is 26.2 Å². The maximum absolute atomic E-state index is 11.5. The molecule has 0 unspecified atom stereocenters. The minimum absolute atomic E-state index is 0.272. The Kier molecular flexibility index (Phi) is 4.39. The summed E-state index contributed by atoms with van der Waals surface area (Å²) < 4.78 is 6.50. The highest BCUT2D eigenvalue weighted by Gasteiger charge is 2.08. The molecule has 0 aliphatic rings. The predicted molar refractivity (Wildman–Crippen MR) is 76.9 cm³/mol. The van der Waals surface area contributed by atoms with Crippen LogP contribution in [0.15, 0.2) is 41.0 Å². The molecule has 98 valence electrons. The van der Waals surface area contributed by atoms with Gasteiger partial charge in [-0.15, -0.1) is 0 Å². The maximum Gasteiger partial charge on any atom is 0.269 e. The van der Waals surface area contributed by atoms with E-state index in [0.29, 0.717) is 16.5 Å². The van der Waals surface area contributed by atoms with Crippen LogP contribution in [-0.2, 0) is 0 Å². The van der Waals surface area contributed by atoms with Crippen LogP contribution in [0.1, 0.15) is 10.5 Å². The highest BCUT2D eigenvalue weighted by atomic mass is 79.9. The summed E-state index contributed by atoms with van der Waals surface area (Å²) in [6.45, 7) is 0. The van der Waals surface area contributed by atoms with Crippen molar-refractivity contribution < 1.29 is 9.53 Å². The number of amides is 1. The van der Waals surface area contributed by atoms with Gasteiger partial charge in [0.1, 0.15) is 17.2 Å². The number of hydrogen-bond donors (Lipinski definition) is 1. The second-order valence-corrected chi connectivity index (χ2v) is 4.96. The van der Waals surface area contributed by atoms with Crippen molar-refractivity contribution in [3.05, 3.63) is 51.7 Å². The average molecular weight is 342 g/mol. The summed E-state index contributed by atoms with van der Waals surface area (Å²) in [6.07, 6.45) is 1.51. The molecule has 0 bridgehead atoms. The van der Waals surface area contributed by atoms with E-state index in [-0.39, 0.29) is 11.6 Å². The molecular formula is C13H10BrClN2O2. The second-order valence-electron chi connectivity index (χ2n) is 3.63. The third-order valence-corrected chi connectivity index (χ3v) is 3.12. The first-order valence-electron chi connectivity index (χ1n) is 5.41. The molecule has 1 aromatic carbocycles. The normalized spacial score (nSPS) is 10.1. The Morgan fingerprint density at radius 2 is 2.16 bits per heavy atom. The zero-order valence-electron chi connectivity index (χ0n) is 9.98. The molecule has 0 spiro atoms. The smallest absolute Gasteiger partial charge is 0.269 e. The fraction of sp³-hybridized carbons (Fsp3) is 0.0769. The van der Waals surface area contributed by atoms with Crippen LogP contribution in [0.25, 0.3) is 0 Å². The van der Waals surface area contributed by atoms with E-state index >= 15 is 0 Å². The zero-order valence-corrected chi connectivity index (χ0v) is 12.3. The minimum Gasteiger partial charge on any atom is -0.456 e. The van der Waals surface area contributed by atoms with Crippen molar-refractivity contribution in [1.29, 1.82) is 0 Å². The molecular weight excluding hydrogens is 332 g/mol. The van der Waals surface area contributed by atoms with Crippen LogP contribution < -0.4 is 10.1 Å². The van der Waals surface area contributed by atoms with E-state index in [1.54, 1.807) is 31.3 Å². The summed E-state index contributed by atoms with van der Waals surface area (Å²) in [4.78, 5) is 15.4. The number of hydrogen-bond acceptors (Lipinski definition) is 3. The van der Waals surface area contributed by atoms with Gasteiger partial charge >= 0.3 is 0 Å². The van der Waals surface area contributed by atoms with Gasteiger partial charge in [0.05, 0.1) is 5.02 Å². The molecule has 0 saturated heterocycles. The average Bonchev–Trinajstić information content (AvgIpc) is 2.42. The molecule has 19 heavy (non-hydrogen) atoms. The van der Waals surface area contributed by atoms with E-state index in [1.165, 1.54) is 6.20 Å². The third kappa shape index (κ3) is 3.45.